The van der Waals surface area contributed by atoms with Crippen molar-refractivity contribution in [1.29, 1.82) is 0 Å². The highest BCUT2D eigenvalue weighted by Gasteiger charge is 2.24. The van der Waals surface area contributed by atoms with Crippen LogP contribution in [0.5, 0.6) is 5.75 Å². The second-order valence-electron chi connectivity index (χ2n) is 6.13. The molecule has 0 aliphatic carbocycles. The van der Waals surface area contributed by atoms with E-state index in [2.05, 4.69) is 15.3 Å². The number of nitrogens with zero attached hydrogens (tertiary/aromatic N) is 4. The summed E-state index contributed by atoms with van der Waals surface area (Å²) in [5.41, 5.74) is 1.40. The second kappa shape index (κ2) is 8.98. The van der Waals surface area contributed by atoms with Crippen LogP contribution >= 0.6 is 0 Å². The first-order valence-corrected chi connectivity index (χ1v) is 8.91. The van der Waals surface area contributed by atoms with Crippen molar-refractivity contribution in [2.75, 3.05) is 30.5 Å². The molecule has 0 aliphatic heterocycles. The van der Waals surface area contributed by atoms with Gasteiger partial charge in [0.25, 0.3) is 0 Å². The lowest BCUT2D eigenvalue weighted by Gasteiger charge is -2.22. The van der Waals surface area contributed by atoms with Crippen molar-refractivity contribution in [3.8, 4) is 5.75 Å². The number of methoxy groups -OCH3 is 1. The summed E-state index contributed by atoms with van der Waals surface area (Å²) < 4.78 is 5.13. The highest BCUT2D eigenvalue weighted by Crippen LogP contribution is 2.32. The Bertz CT molecular complexity index is 980. The molecule has 0 amide bonds. The number of benzene rings is 2. The zero-order valence-electron chi connectivity index (χ0n) is 16.1. The summed E-state index contributed by atoms with van der Waals surface area (Å²) in [4.78, 5) is 21.5. The number of aromatic nitrogens is 2. The number of aryl methyl sites for hydroxylation is 1. The monoisotopic (exact) mass is 395 g/mol. The molecule has 0 spiro atoms. The quantitative estimate of drug-likeness (QED) is 0.439. The van der Waals surface area contributed by atoms with E-state index in [1.54, 1.807) is 43.2 Å². The maximum absolute atomic E-state index is 11.6. The number of nitrogens with one attached hydrogen (secondary N) is 1. The van der Waals surface area contributed by atoms with Gasteiger partial charge in [-0.25, -0.2) is 4.98 Å². The number of anilines is 4. The Hall–Kier alpha value is -3.72. The molecule has 0 bridgehead atoms. The highest BCUT2D eigenvalue weighted by atomic mass is 16.6. The maximum atomic E-state index is 11.6. The lowest BCUT2D eigenvalue weighted by molar-refractivity contribution is -0.385. The molecule has 2 N–H and O–H groups in total. The number of rotatable bonds is 8. The van der Waals surface area contributed by atoms with Gasteiger partial charge in [0.15, 0.2) is 0 Å². The fourth-order valence-electron chi connectivity index (χ4n) is 2.84. The Labute approximate surface area is 167 Å². The first-order valence-electron chi connectivity index (χ1n) is 8.91. The average molecular weight is 395 g/mol. The van der Waals surface area contributed by atoms with E-state index in [-0.39, 0.29) is 36.3 Å². The van der Waals surface area contributed by atoms with Gasteiger partial charge in [0.05, 0.1) is 18.6 Å². The lowest BCUT2D eigenvalue weighted by atomic mass is 10.2. The topological polar surface area (TPSA) is 114 Å². The van der Waals surface area contributed by atoms with E-state index in [9.17, 15) is 15.2 Å². The molecule has 0 atom stereocenters. The van der Waals surface area contributed by atoms with Crippen molar-refractivity contribution < 1.29 is 14.8 Å². The summed E-state index contributed by atoms with van der Waals surface area (Å²) in [7, 11) is 1.56. The molecule has 29 heavy (non-hydrogen) atoms. The summed E-state index contributed by atoms with van der Waals surface area (Å²) in [6, 6.07) is 16.3. The molecular formula is C20H21N5O4. The minimum absolute atomic E-state index is 0.0709. The third-order valence-electron chi connectivity index (χ3n) is 4.21. The molecule has 3 aromatic rings. The minimum atomic E-state index is -0.510. The zero-order valence-corrected chi connectivity index (χ0v) is 16.1. The molecular weight excluding hydrogens is 374 g/mol. The standard InChI is InChI=1S/C20H21N5O4/c1-14-18(25(27)28)19(22-15-8-10-17(29-2)11-9-15)23-20(21-14)24(12-13-26)16-6-4-3-5-7-16/h3-11,26H,12-13H2,1-2H3,(H,21,22,23). The second-order valence-corrected chi connectivity index (χ2v) is 6.13. The number of para-hydroxylation sites is 1. The van der Waals surface area contributed by atoms with Gasteiger partial charge in [-0.05, 0) is 43.3 Å². The first-order chi connectivity index (χ1) is 14.0. The van der Waals surface area contributed by atoms with E-state index in [4.69, 9.17) is 4.74 Å². The van der Waals surface area contributed by atoms with E-state index in [1.165, 1.54) is 0 Å². The Morgan fingerprint density at radius 3 is 2.41 bits per heavy atom. The molecule has 0 saturated heterocycles. The fourth-order valence-corrected chi connectivity index (χ4v) is 2.84. The third-order valence-corrected chi connectivity index (χ3v) is 4.21. The third kappa shape index (κ3) is 4.58. The molecule has 0 radical (unpaired) electrons. The van der Waals surface area contributed by atoms with Crippen LogP contribution in [0.15, 0.2) is 54.6 Å². The van der Waals surface area contributed by atoms with Gasteiger partial charge >= 0.3 is 5.69 Å². The number of hydrogen-bond acceptors (Lipinski definition) is 8. The van der Waals surface area contributed by atoms with E-state index >= 15 is 0 Å². The minimum Gasteiger partial charge on any atom is -0.497 e. The van der Waals surface area contributed by atoms with Gasteiger partial charge in [0.1, 0.15) is 11.4 Å². The van der Waals surface area contributed by atoms with Gasteiger partial charge in [-0.15, -0.1) is 0 Å². The van der Waals surface area contributed by atoms with Crippen LogP contribution in [-0.2, 0) is 0 Å². The predicted octanol–water partition coefficient (Wildman–Crippen LogP) is 3.58. The Balaban J connectivity index is 2.06. The number of aliphatic hydroxyl groups is 1. The normalized spacial score (nSPS) is 10.4. The van der Waals surface area contributed by atoms with Crippen molar-refractivity contribution in [1.82, 2.24) is 9.97 Å². The Morgan fingerprint density at radius 1 is 1.14 bits per heavy atom. The van der Waals surface area contributed by atoms with Gasteiger partial charge in [-0.2, -0.15) is 4.98 Å². The molecule has 0 fully saturated rings. The van der Waals surface area contributed by atoms with E-state index in [1.807, 2.05) is 30.3 Å². The van der Waals surface area contributed by atoms with Crippen molar-refractivity contribution in [2.45, 2.75) is 6.92 Å². The Morgan fingerprint density at radius 2 is 1.83 bits per heavy atom. The zero-order chi connectivity index (χ0) is 20.8. The van der Waals surface area contributed by atoms with Gasteiger partial charge in [0, 0.05) is 17.9 Å². The summed E-state index contributed by atoms with van der Waals surface area (Å²) in [6.07, 6.45) is 0. The highest BCUT2D eigenvalue weighted by molar-refractivity contribution is 5.70. The lowest BCUT2D eigenvalue weighted by Crippen LogP contribution is -2.24. The molecule has 9 nitrogen and oxygen atoms in total. The van der Waals surface area contributed by atoms with Gasteiger partial charge < -0.3 is 20.1 Å². The molecule has 9 heteroatoms. The van der Waals surface area contributed by atoms with Crippen LogP contribution < -0.4 is 15.0 Å². The SMILES string of the molecule is COc1ccc(Nc2nc(N(CCO)c3ccccc3)nc(C)c2[N+](=O)[O-])cc1. The van der Waals surface area contributed by atoms with Gasteiger partial charge in [-0.1, -0.05) is 18.2 Å². The summed E-state index contributed by atoms with van der Waals surface area (Å²) in [5, 5.41) is 24.1. The Kier molecular flexibility index (Phi) is 6.20. The van der Waals surface area contributed by atoms with Crippen molar-refractivity contribution in [3.63, 3.8) is 0 Å². The van der Waals surface area contributed by atoms with Crippen LogP contribution in [0.25, 0.3) is 0 Å². The van der Waals surface area contributed by atoms with Crippen molar-refractivity contribution in [2.24, 2.45) is 0 Å². The van der Waals surface area contributed by atoms with Crippen LogP contribution in [0, 0.1) is 17.0 Å². The molecule has 2 aromatic carbocycles. The van der Waals surface area contributed by atoms with Crippen LogP contribution in [0.2, 0.25) is 0 Å². The number of hydrogen-bond donors (Lipinski definition) is 2. The largest absolute Gasteiger partial charge is 0.497 e. The van der Waals surface area contributed by atoms with Gasteiger partial charge in [0.2, 0.25) is 11.8 Å². The molecule has 0 unspecified atom stereocenters. The smallest absolute Gasteiger partial charge is 0.332 e. The van der Waals surface area contributed by atoms with Crippen LogP contribution in [0.4, 0.5) is 28.8 Å². The fraction of sp³-hybridized carbons (Fsp3) is 0.200. The van der Waals surface area contributed by atoms with E-state index in [0.29, 0.717) is 11.4 Å². The summed E-state index contributed by atoms with van der Waals surface area (Å²) >= 11 is 0. The van der Waals surface area contributed by atoms with Crippen LogP contribution in [-0.4, -0.2) is 40.3 Å². The van der Waals surface area contributed by atoms with Crippen LogP contribution in [0.3, 0.4) is 0 Å². The maximum Gasteiger partial charge on any atom is 0.332 e. The number of nitro groups is 1. The van der Waals surface area contributed by atoms with Gasteiger partial charge in [-0.3, -0.25) is 10.1 Å². The molecule has 1 aromatic heterocycles. The van der Waals surface area contributed by atoms with E-state index < -0.39 is 4.92 Å². The molecule has 150 valence electrons. The summed E-state index contributed by atoms with van der Waals surface area (Å²) in [6.45, 7) is 1.67. The number of aliphatic hydroxyl groups excluding tert-OH is 1. The molecule has 0 aliphatic rings. The first kappa shape index (κ1) is 20.0. The molecule has 3 rings (SSSR count). The predicted molar refractivity (Wildman–Crippen MR) is 110 cm³/mol. The van der Waals surface area contributed by atoms with Crippen LogP contribution in [0.1, 0.15) is 5.69 Å². The average Bonchev–Trinajstić information content (AvgIpc) is 2.72. The van der Waals surface area contributed by atoms with Crippen molar-refractivity contribution in [3.05, 3.63) is 70.4 Å². The molecule has 1 heterocycles. The summed E-state index contributed by atoms with van der Waals surface area (Å²) in [5.74, 6) is 0.994. The molecule has 0 saturated carbocycles. The number of ether oxygens (including phenoxy) is 1. The van der Waals surface area contributed by atoms with E-state index in [0.717, 1.165) is 5.69 Å². The van der Waals surface area contributed by atoms with Crippen molar-refractivity contribution >= 4 is 28.8 Å².